The molecule has 1 amide bonds. The maximum atomic E-state index is 15.8. The highest BCUT2D eigenvalue weighted by molar-refractivity contribution is 6.31. The van der Waals surface area contributed by atoms with Crippen LogP contribution in [0.25, 0.3) is 0 Å². The molecular weight excluding hydrogens is 548 g/mol. The third-order valence-corrected chi connectivity index (χ3v) is 9.41. The second-order valence-corrected chi connectivity index (χ2v) is 13.8. The van der Waals surface area contributed by atoms with Crippen molar-refractivity contribution in [2.45, 2.75) is 89.1 Å². The molecule has 3 aliphatic heterocycles. The summed E-state index contributed by atoms with van der Waals surface area (Å²) >= 11 is 12.6. The quantitative estimate of drug-likeness (QED) is 0.323. The number of nitrogens with zero attached hydrogens (tertiary/aromatic N) is 1. The minimum atomic E-state index is -1.20. The third kappa shape index (κ3) is 5.57. The van der Waals surface area contributed by atoms with Gasteiger partial charge in [0.05, 0.1) is 11.1 Å². The van der Waals surface area contributed by atoms with Crippen molar-refractivity contribution in [1.29, 1.82) is 0 Å². The van der Waals surface area contributed by atoms with Crippen molar-refractivity contribution >= 4 is 40.6 Å². The number of Topliss-reactive ketones (excluding diaryl/α,β-unsaturated/α-hetero) is 1. The molecule has 3 aliphatic rings. The number of rotatable bonds is 8. The predicted octanol–water partition coefficient (Wildman–Crippen LogP) is 7.11. The first-order valence-electron chi connectivity index (χ1n) is 14.6. The minimum Gasteiger partial charge on any atom is -0.325 e. The standard InChI is InChI=1S/C32H40Cl2FN3O2/c1-31(2,3)19-26-32(22-14-13-20(33)18-24(22)36-30(32)40)27(21-10-9-11-23(34)28(21)35)29(37-26)25(39)12-5-8-17-38-15-6-4-7-16-38/h9-11,13-14,18,26-27,29,37H,4-8,12,15-17,19H2,1-3H3,(H,36,40)/t26-,27+,29+,32+/m1/s1. The molecule has 0 bridgehead atoms. The second kappa shape index (κ2) is 11.7. The van der Waals surface area contributed by atoms with Crippen LogP contribution in [0.1, 0.15) is 82.8 Å². The number of likely N-dealkylation sites (tertiary alicyclic amines) is 1. The van der Waals surface area contributed by atoms with Gasteiger partial charge in [0.1, 0.15) is 17.0 Å². The predicted molar refractivity (Wildman–Crippen MR) is 160 cm³/mol. The van der Waals surface area contributed by atoms with E-state index in [1.165, 1.54) is 25.3 Å². The van der Waals surface area contributed by atoms with E-state index < -0.39 is 29.2 Å². The molecule has 5 nitrogen and oxygen atoms in total. The van der Waals surface area contributed by atoms with Crippen molar-refractivity contribution in [3.05, 3.63) is 63.4 Å². The molecule has 0 saturated carbocycles. The highest BCUT2D eigenvalue weighted by atomic mass is 35.5. The molecule has 0 aliphatic carbocycles. The van der Waals surface area contributed by atoms with Gasteiger partial charge in [0.25, 0.3) is 0 Å². The summed E-state index contributed by atoms with van der Waals surface area (Å²) in [5.41, 5.74) is 0.284. The molecule has 8 heteroatoms. The summed E-state index contributed by atoms with van der Waals surface area (Å²) < 4.78 is 15.8. The van der Waals surface area contributed by atoms with Crippen LogP contribution in [0.2, 0.25) is 10.0 Å². The molecular formula is C32H40Cl2FN3O2. The lowest BCUT2D eigenvalue weighted by Crippen LogP contribution is -2.49. The third-order valence-electron chi connectivity index (χ3n) is 8.88. The summed E-state index contributed by atoms with van der Waals surface area (Å²) in [5, 5.41) is 7.10. The molecule has 4 atom stereocenters. The number of anilines is 1. The Bertz CT molecular complexity index is 1270. The number of ketones is 1. The first kappa shape index (κ1) is 29.5. The zero-order chi connectivity index (χ0) is 28.7. The van der Waals surface area contributed by atoms with Crippen LogP contribution in [0.3, 0.4) is 0 Å². The molecule has 0 radical (unpaired) electrons. The van der Waals surface area contributed by atoms with E-state index in [2.05, 4.69) is 36.3 Å². The number of amides is 1. The summed E-state index contributed by atoms with van der Waals surface area (Å²) in [6.07, 6.45) is 6.45. The number of fused-ring (bicyclic) bond motifs is 2. The molecule has 40 heavy (non-hydrogen) atoms. The van der Waals surface area contributed by atoms with Crippen LogP contribution in [0.5, 0.6) is 0 Å². The largest absolute Gasteiger partial charge is 0.325 e. The lowest BCUT2D eigenvalue weighted by Gasteiger charge is -2.37. The van der Waals surface area contributed by atoms with Crippen molar-refractivity contribution in [1.82, 2.24) is 10.2 Å². The number of halogens is 3. The van der Waals surface area contributed by atoms with Gasteiger partial charge in [-0.3, -0.25) is 9.59 Å². The Morgan fingerprint density at radius 1 is 1.10 bits per heavy atom. The van der Waals surface area contributed by atoms with E-state index in [1.54, 1.807) is 24.3 Å². The molecule has 0 unspecified atom stereocenters. The molecule has 5 rings (SSSR count). The van der Waals surface area contributed by atoms with Gasteiger partial charge >= 0.3 is 0 Å². The topological polar surface area (TPSA) is 61.4 Å². The first-order valence-corrected chi connectivity index (χ1v) is 15.3. The lowest BCUT2D eigenvalue weighted by molar-refractivity contribution is -0.122. The van der Waals surface area contributed by atoms with E-state index >= 15 is 4.39 Å². The molecule has 2 aromatic rings. The number of benzene rings is 2. The van der Waals surface area contributed by atoms with Crippen LogP contribution in [-0.2, 0) is 15.0 Å². The Kier molecular flexibility index (Phi) is 8.64. The van der Waals surface area contributed by atoms with Crippen molar-refractivity contribution in [2.75, 3.05) is 25.0 Å². The van der Waals surface area contributed by atoms with E-state index in [1.807, 2.05) is 6.07 Å². The number of piperidine rings is 1. The first-order chi connectivity index (χ1) is 19.0. The van der Waals surface area contributed by atoms with Gasteiger partial charge in [0, 0.05) is 29.1 Å². The highest BCUT2D eigenvalue weighted by Gasteiger charge is 2.65. The Hall–Kier alpha value is -1.99. The summed E-state index contributed by atoms with van der Waals surface area (Å²) in [6, 6.07) is 9.09. The number of hydrogen-bond acceptors (Lipinski definition) is 4. The SMILES string of the molecule is CC(C)(C)C[C@H]1N[C@@H](C(=O)CCCCN2CCCCC2)[C@H](c2cccc(Cl)c2F)[C@@]12C(=O)Nc1cc(Cl)ccc12. The highest BCUT2D eigenvalue weighted by Crippen LogP contribution is 2.57. The van der Waals surface area contributed by atoms with Crippen LogP contribution < -0.4 is 10.6 Å². The van der Waals surface area contributed by atoms with E-state index in [9.17, 15) is 9.59 Å². The Morgan fingerprint density at radius 3 is 2.58 bits per heavy atom. The fourth-order valence-corrected chi connectivity index (χ4v) is 7.53. The fourth-order valence-electron chi connectivity index (χ4n) is 7.18. The van der Waals surface area contributed by atoms with Crippen molar-refractivity contribution < 1.29 is 14.0 Å². The smallest absolute Gasteiger partial charge is 0.237 e. The zero-order valence-corrected chi connectivity index (χ0v) is 25.2. The van der Waals surface area contributed by atoms with Crippen molar-refractivity contribution in [3.63, 3.8) is 0 Å². The van der Waals surface area contributed by atoms with Gasteiger partial charge in [-0.2, -0.15) is 0 Å². The molecule has 3 heterocycles. The van der Waals surface area contributed by atoms with Crippen LogP contribution >= 0.6 is 23.2 Å². The second-order valence-electron chi connectivity index (χ2n) is 12.9. The van der Waals surface area contributed by atoms with Gasteiger partial charge in [0.2, 0.25) is 5.91 Å². The molecule has 2 fully saturated rings. The number of hydrogen-bond donors (Lipinski definition) is 2. The van der Waals surface area contributed by atoms with Crippen LogP contribution in [0.4, 0.5) is 10.1 Å². The lowest BCUT2D eigenvalue weighted by atomic mass is 9.62. The van der Waals surface area contributed by atoms with Gasteiger partial charge in [-0.15, -0.1) is 0 Å². The van der Waals surface area contributed by atoms with Crippen LogP contribution in [0, 0.1) is 11.2 Å². The molecule has 2 saturated heterocycles. The number of nitrogens with one attached hydrogen (secondary N) is 2. The van der Waals surface area contributed by atoms with E-state index in [4.69, 9.17) is 23.2 Å². The van der Waals surface area contributed by atoms with Crippen molar-refractivity contribution in [3.8, 4) is 0 Å². The minimum absolute atomic E-state index is 0.00835. The van der Waals surface area contributed by atoms with Crippen LogP contribution in [0.15, 0.2) is 36.4 Å². The average Bonchev–Trinajstić information content (AvgIpc) is 3.37. The zero-order valence-electron chi connectivity index (χ0n) is 23.7. The van der Waals surface area contributed by atoms with Crippen molar-refractivity contribution in [2.24, 2.45) is 5.41 Å². The summed E-state index contributed by atoms with van der Waals surface area (Å²) in [5.74, 6) is -1.58. The van der Waals surface area contributed by atoms with E-state index in [0.29, 0.717) is 29.1 Å². The monoisotopic (exact) mass is 587 g/mol. The fraction of sp³-hybridized carbons (Fsp3) is 0.562. The van der Waals surface area contributed by atoms with Crippen LogP contribution in [-0.4, -0.2) is 48.3 Å². The molecule has 2 N–H and O–H groups in total. The van der Waals surface area contributed by atoms with E-state index in [0.717, 1.165) is 38.0 Å². The van der Waals surface area contributed by atoms with Gasteiger partial charge in [-0.05, 0) is 86.5 Å². The van der Waals surface area contributed by atoms with Gasteiger partial charge in [-0.25, -0.2) is 4.39 Å². The number of carbonyl (C=O) groups is 2. The Morgan fingerprint density at radius 2 is 1.85 bits per heavy atom. The molecule has 0 aromatic heterocycles. The van der Waals surface area contributed by atoms with Gasteiger partial charge in [-0.1, -0.05) is 68.6 Å². The summed E-state index contributed by atoms with van der Waals surface area (Å²) in [6.45, 7) is 9.59. The summed E-state index contributed by atoms with van der Waals surface area (Å²) in [4.78, 5) is 30.7. The van der Waals surface area contributed by atoms with Gasteiger partial charge in [0.15, 0.2) is 0 Å². The van der Waals surface area contributed by atoms with Gasteiger partial charge < -0.3 is 15.5 Å². The average molecular weight is 589 g/mol. The summed E-state index contributed by atoms with van der Waals surface area (Å²) in [7, 11) is 0. The number of unbranched alkanes of at least 4 members (excludes halogenated alkanes) is 1. The number of carbonyl (C=O) groups excluding carboxylic acids is 2. The maximum Gasteiger partial charge on any atom is 0.237 e. The van der Waals surface area contributed by atoms with E-state index in [-0.39, 0.29) is 22.1 Å². The molecule has 216 valence electrons. The maximum absolute atomic E-state index is 15.8. The Balaban J connectivity index is 1.54. The molecule has 1 spiro atoms. The Labute approximate surface area is 247 Å². The molecule has 2 aromatic carbocycles. The normalized spacial score (nSPS) is 26.8.